The number of ether oxygens (including phenoxy) is 1. The number of rotatable bonds is 3. The van der Waals surface area contributed by atoms with Crippen LogP contribution in [0.1, 0.15) is 30.9 Å². The number of hydrogen-bond donors (Lipinski definition) is 1. The molecule has 3 heteroatoms. The Morgan fingerprint density at radius 1 is 1.43 bits per heavy atom. The van der Waals surface area contributed by atoms with Gasteiger partial charge in [0.2, 0.25) is 0 Å². The Bertz CT molecular complexity index is 298. The lowest BCUT2D eigenvalue weighted by molar-refractivity contribution is 0.403. The summed E-state index contributed by atoms with van der Waals surface area (Å²) < 4.78 is 18.2. The van der Waals surface area contributed by atoms with Crippen LogP contribution in [0.3, 0.4) is 0 Å². The quantitative estimate of drug-likeness (QED) is 0.807. The van der Waals surface area contributed by atoms with Crippen LogP contribution in [-0.2, 0) is 6.54 Å². The first kappa shape index (κ1) is 11.0. The Labute approximate surface area is 83.9 Å². The lowest BCUT2D eigenvalue weighted by Crippen LogP contribution is -2.06. The fourth-order valence-corrected chi connectivity index (χ4v) is 1.64. The van der Waals surface area contributed by atoms with E-state index in [2.05, 4.69) is 0 Å². The average molecular weight is 197 g/mol. The predicted octanol–water partition coefficient (Wildman–Crippen LogP) is 2.42. The van der Waals surface area contributed by atoms with Gasteiger partial charge in [0.1, 0.15) is 11.6 Å². The molecule has 0 aromatic heterocycles. The molecule has 0 aliphatic rings. The Hall–Kier alpha value is -1.09. The van der Waals surface area contributed by atoms with Crippen molar-refractivity contribution >= 4 is 0 Å². The van der Waals surface area contributed by atoms with Gasteiger partial charge in [0.15, 0.2) is 0 Å². The highest BCUT2D eigenvalue weighted by Crippen LogP contribution is 2.30. The van der Waals surface area contributed by atoms with E-state index in [-0.39, 0.29) is 11.7 Å². The zero-order chi connectivity index (χ0) is 10.7. The third-order valence-electron chi connectivity index (χ3n) is 2.21. The summed E-state index contributed by atoms with van der Waals surface area (Å²) in [5.74, 6) is 0.566. The molecule has 0 saturated heterocycles. The molecule has 1 aromatic carbocycles. The van der Waals surface area contributed by atoms with Crippen LogP contribution >= 0.6 is 0 Å². The molecular formula is C11H16FNO. The second-order valence-electron chi connectivity index (χ2n) is 3.54. The van der Waals surface area contributed by atoms with E-state index in [1.807, 2.05) is 13.8 Å². The van der Waals surface area contributed by atoms with E-state index in [0.717, 1.165) is 11.1 Å². The molecule has 0 saturated carbocycles. The van der Waals surface area contributed by atoms with Gasteiger partial charge in [-0.05, 0) is 17.5 Å². The van der Waals surface area contributed by atoms with Crippen molar-refractivity contribution in [3.63, 3.8) is 0 Å². The van der Waals surface area contributed by atoms with Gasteiger partial charge in [-0.3, -0.25) is 0 Å². The van der Waals surface area contributed by atoms with Crippen molar-refractivity contribution in [2.24, 2.45) is 5.73 Å². The minimum absolute atomic E-state index is 0.282. The summed E-state index contributed by atoms with van der Waals surface area (Å²) >= 11 is 0. The van der Waals surface area contributed by atoms with Gasteiger partial charge >= 0.3 is 0 Å². The third-order valence-corrected chi connectivity index (χ3v) is 2.21. The molecule has 1 rings (SSSR count). The van der Waals surface area contributed by atoms with Gasteiger partial charge in [0, 0.05) is 18.2 Å². The zero-order valence-corrected chi connectivity index (χ0v) is 8.80. The molecule has 14 heavy (non-hydrogen) atoms. The standard InChI is InChI=1S/C11H16FNO/c1-7(2)11-8(6-13)4-9(12)5-10(11)14-3/h4-5,7H,6,13H2,1-3H3. The van der Waals surface area contributed by atoms with Crippen LogP contribution in [0, 0.1) is 5.82 Å². The fraction of sp³-hybridized carbons (Fsp3) is 0.455. The van der Waals surface area contributed by atoms with Crippen molar-refractivity contribution in [3.05, 3.63) is 29.1 Å². The number of benzene rings is 1. The third kappa shape index (κ3) is 2.04. The number of hydrogen-bond acceptors (Lipinski definition) is 2. The maximum Gasteiger partial charge on any atom is 0.127 e. The number of halogens is 1. The molecule has 0 aliphatic carbocycles. The van der Waals surface area contributed by atoms with E-state index in [0.29, 0.717) is 12.3 Å². The first-order valence-corrected chi connectivity index (χ1v) is 4.66. The molecule has 0 heterocycles. The van der Waals surface area contributed by atoms with Gasteiger partial charge in [-0.25, -0.2) is 4.39 Å². The predicted molar refractivity (Wildman–Crippen MR) is 54.9 cm³/mol. The van der Waals surface area contributed by atoms with E-state index in [1.165, 1.54) is 12.1 Å². The molecular weight excluding hydrogens is 181 g/mol. The first-order valence-electron chi connectivity index (χ1n) is 4.66. The molecule has 0 amide bonds. The topological polar surface area (TPSA) is 35.2 Å². The molecule has 0 radical (unpaired) electrons. The molecule has 78 valence electrons. The van der Waals surface area contributed by atoms with E-state index < -0.39 is 0 Å². The summed E-state index contributed by atoms with van der Waals surface area (Å²) in [6.45, 7) is 4.41. The minimum Gasteiger partial charge on any atom is -0.496 e. The second kappa shape index (κ2) is 4.42. The Morgan fingerprint density at radius 3 is 2.50 bits per heavy atom. The molecule has 2 N–H and O–H groups in total. The normalized spacial score (nSPS) is 10.7. The van der Waals surface area contributed by atoms with Crippen molar-refractivity contribution in [3.8, 4) is 5.75 Å². The van der Waals surface area contributed by atoms with Crippen LogP contribution in [0.2, 0.25) is 0 Å². The second-order valence-corrected chi connectivity index (χ2v) is 3.54. The largest absolute Gasteiger partial charge is 0.496 e. The van der Waals surface area contributed by atoms with E-state index in [4.69, 9.17) is 10.5 Å². The van der Waals surface area contributed by atoms with Gasteiger partial charge in [-0.1, -0.05) is 13.8 Å². The van der Waals surface area contributed by atoms with E-state index >= 15 is 0 Å². The summed E-state index contributed by atoms with van der Waals surface area (Å²) in [6, 6.07) is 2.87. The molecule has 2 nitrogen and oxygen atoms in total. The number of methoxy groups -OCH3 is 1. The van der Waals surface area contributed by atoms with Crippen LogP contribution in [0.25, 0.3) is 0 Å². The van der Waals surface area contributed by atoms with Crippen molar-refractivity contribution in [1.29, 1.82) is 0 Å². The fourth-order valence-electron chi connectivity index (χ4n) is 1.64. The molecule has 0 bridgehead atoms. The van der Waals surface area contributed by atoms with Crippen molar-refractivity contribution in [2.75, 3.05) is 7.11 Å². The van der Waals surface area contributed by atoms with E-state index in [9.17, 15) is 4.39 Å². The summed E-state index contributed by atoms with van der Waals surface area (Å²) in [7, 11) is 1.54. The van der Waals surface area contributed by atoms with Crippen LogP contribution in [0.4, 0.5) is 4.39 Å². The average Bonchev–Trinajstić information content (AvgIpc) is 2.15. The summed E-state index contributed by atoms with van der Waals surface area (Å²) in [5.41, 5.74) is 7.37. The summed E-state index contributed by atoms with van der Waals surface area (Å²) in [4.78, 5) is 0. The van der Waals surface area contributed by atoms with Crippen LogP contribution in [-0.4, -0.2) is 7.11 Å². The van der Waals surface area contributed by atoms with Gasteiger partial charge in [0.05, 0.1) is 7.11 Å². The molecule has 0 fully saturated rings. The van der Waals surface area contributed by atoms with Gasteiger partial charge in [-0.15, -0.1) is 0 Å². The Morgan fingerprint density at radius 2 is 2.07 bits per heavy atom. The highest BCUT2D eigenvalue weighted by Gasteiger charge is 2.13. The van der Waals surface area contributed by atoms with Crippen molar-refractivity contribution in [2.45, 2.75) is 26.3 Å². The van der Waals surface area contributed by atoms with Crippen LogP contribution in [0.5, 0.6) is 5.75 Å². The van der Waals surface area contributed by atoms with Gasteiger partial charge in [0.25, 0.3) is 0 Å². The smallest absolute Gasteiger partial charge is 0.127 e. The maximum atomic E-state index is 13.1. The highest BCUT2D eigenvalue weighted by atomic mass is 19.1. The summed E-state index contributed by atoms with van der Waals surface area (Å²) in [5, 5.41) is 0. The first-order chi connectivity index (χ1) is 6.60. The van der Waals surface area contributed by atoms with Gasteiger partial charge in [-0.2, -0.15) is 0 Å². The van der Waals surface area contributed by atoms with Crippen molar-refractivity contribution in [1.82, 2.24) is 0 Å². The molecule has 0 spiro atoms. The molecule has 0 aliphatic heterocycles. The monoisotopic (exact) mass is 197 g/mol. The van der Waals surface area contributed by atoms with Gasteiger partial charge < -0.3 is 10.5 Å². The Kier molecular flexibility index (Phi) is 3.47. The zero-order valence-electron chi connectivity index (χ0n) is 8.80. The maximum absolute atomic E-state index is 13.1. The lowest BCUT2D eigenvalue weighted by Gasteiger charge is -2.16. The Balaban J connectivity index is 3.33. The highest BCUT2D eigenvalue weighted by molar-refractivity contribution is 5.42. The lowest BCUT2D eigenvalue weighted by atomic mass is 9.96. The van der Waals surface area contributed by atoms with Crippen LogP contribution in [0.15, 0.2) is 12.1 Å². The number of nitrogens with two attached hydrogens (primary N) is 1. The molecule has 1 aromatic rings. The molecule has 0 unspecified atom stereocenters. The van der Waals surface area contributed by atoms with Crippen LogP contribution < -0.4 is 10.5 Å². The van der Waals surface area contributed by atoms with Crippen molar-refractivity contribution < 1.29 is 9.13 Å². The summed E-state index contributed by atoms with van der Waals surface area (Å²) in [6.07, 6.45) is 0. The van der Waals surface area contributed by atoms with E-state index in [1.54, 1.807) is 7.11 Å². The molecule has 0 atom stereocenters. The SMILES string of the molecule is COc1cc(F)cc(CN)c1C(C)C. The minimum atomic E-state index is -0.299.